The first kappa shape index (κ1) is 14.0. The topological polar surface area (TPSA) is 52.6 Å². The van der Waals surface area contributed by atoms with Crippen LogP contribution in [0.4, 0.5) is 0 Å². The lowest BCUT2D eigenvalue weighted by molar-refractivity contribution is -0.154. The van der Waals surface area contributed by atoms with Gasteiger partial charge in [0.15, 0.2) is 0 Å². The van der Waals surface area contributed by atoms with E-state index in [2.05, 4.69) is 0 Å². The van der Waals surface area contributed by atoms with E-state index in [-0.39, 0.29) is 19.0 Å². The fourth-order valence-corrected chi connectivity index (χ4v) is 1.09. The molecule has 0 aliphatic rings. The minimum atomic E-state index is -0.407. The summed E-state index contributed by atoms with van der Waals surface area (Å²) in [7, 11) is 5.18. The third kappa shape index (κ3) is 6.15. The summed E-state index contributed by atoms with van der Waals surface area (Å²) in [4.78, 5) is 22.5. The summed E-state index contributed by atoms with van der Waals surface area (Å²) >= 11 is 0. The highest BCUT2D eigenvalue weighted by Crippen LogP contribution is 2.11. The minimum Gasteiger partial charge on any atom is -0.466 e. The van der Waals surface area contributed by atoms with Gasteiger partial charge in [-0.25, -0.2) is 0 Å². The summed E-state index contributed by atoms with van der Waals surface area (Å²) in [6.45, 7) is 4.08. The normalized spacial score (nSPS) is 11.9. The molecule has 0 heterocycles. The Morgan fingerprint density at radius 2 is 1.93 bits per heavy atom. The van der Waals surface area contributed by atoms with Gasteiger partial charge in [0.25, 0.3) is 0 Å². The molecule has 0 aliphatic heterocycles. The van der Waals surface area contributed by atoms with E-state index in [0.29, 0.717) is 19.3 Å². The second-order valence-electron chi connectivity index (χ2n) is 3.07. The smallest absolute Gasteiger partial charge is 0.309 e. The van der Waals surface area contributed by atoms with Crippen LogP contribution in [0.15, 0.2) is 0 Å². The van der Waals surface area contributed by atoms with Crippen LogP contribution in [0.1, 0.15) is 26.7 Å². The molecule has 0 N–H and O–H groups in total. The fraction of sp³-hybridized carbons (Fsp3) is 0.800. The Bertz CT molecular complexity index is 206. The van der Waals surface area contributed by atoms with E-state index in [4.69, 9.17) is 17.3 Å². The van der Waals surface area contributed by atoms with Gasteiger partial charge in [-0.2, -0.15) is 0 Å². The molecule has 4 nitrogen and oxygen atoms in total. The van der Waals surface area contributed by atoms with Gasteiger partial charge in [0.2, 0.25) is 0 Å². The standard InChI is InChI=1S/C10H17BO4/c1-3-8(10(13)14-4-2)7-9(12)15-6-5-11/h8H,3-7H2,1-2H3. The molecule has 0 aromatic heterocycles. The van der Waals surface area contributed by atoms with Crippen LogP contribution in [0.25, 0.3) is 0 Å². The van der Waals surface area contributed by atoms with Gasteiger partial charge < -0.3 is 9.47 Å². The average Bonchev–Trinajstić information content (AvgIpc) is 2.23. The third-order valence-corrected chi connectivity index (χ3v) is 1.91. The zero-order valence-corrected chi connectivity index (χ0v) is 9.32. The molecule has 0 bridgehead atoms. The first-order valence-corrected chi connectivity index (χ1v) is 5.18. The Morgan fingerprint density at radius 1 is 1.27 bits per heavy atom. The predicted molar refractivity (Wildman–Crippen MR) is 56.6 cm³/mol. The molecule has 15 heavy (non-hydrogen) atoms. The van der Waals surface area contributed by atoms with Crippen LogP contribution in [0.3, 0.4) is 0 Å². The number of hydrogen-bond acceptors (Lipinski definition) is 4. The highest BCUT2D eigenvalue weighted by Gasteiger charge is 2.21. The Hall–Kier alpha value is -0.995. The Labute approximate surface area is 91.7 Å². The number of carbonyl (C=O) groups is 2. The lowest BCUT2D eigenvalue weighted by Crippen LogP contribution is -2.21. The van der Waals surface area contributed by atoms with Crippen LogP contribution in [-0.2, 0) is 19.1 Å². The third-order valence-electron chi connectivity index (χ3n) is 1.91. The van der Waals surface area contributed by atoms with Crippen molar-refractivity contribution in [1.29, 1.82) is 0 Å². The number of hydrogen-bond donors (Lipinski definition) is 0. The highest BCUT2D eigenvalue weighted by atomic mass is 16.5. The van der Waals surface area contributed by atoms with Crippen molar-refractivity contribution in [2.45, 2.75) is 33.0 Å². The molecule has 0 fully saturated rings. The van der Waals surface area contributed by atoms with Gasteiger partial charge in [0.1, 0.15) is 0 Å². The summed E-state index contributed by atoms with van der Waals surface area (Å²) in [5, 5.41) is 0. The number of esters is 2. The molecule has 0 aliphatic carbocycles. The average molecular weight is 212 g/mol. The largest absolute Gasteiger partial charge is 0.466 e. The highest BCUT2D eigenvalue weighted by molar-refractivity contribution is 6.08. The molecule has 0 aromatic rings. The first-order chi connectivity index (χ1) is 7.15. The first-order valence-electron chi connectivity index (χ1n) is 5.18. The van der Waals surface area contributed by atoms with E-state index in [9.17, 15) is 9.59 Å². The SMILES string of the molecule is [B]CCOC(=O)CC(CC)C(=O)OCC. The van der Waals surface area contributed by atoms with Gasteiger partial charge in [-0.15, -0.1) is 0 Å². The molecule has 0 spiro atoms. The van der Waals surface area contributed by atoms with Crippen LogP contribution in [-0.4, -0.2) is 33.0 Å². The molecule has 84 valence electrons. The zero-order valence-electron chi connectivity index (χ0n) is 9.32. The van der Waals surface area contributed by atoms with Gasteiger partial charge in [-0.3, -0.25) is 9.59 Å². The monoisotopic (exact) mass is 212 g/mol. The van der Waals surface area contributed by atoms with E-state index >= 15 is 0 Å². The number of carbonyl (C=O) groups excluding carboxylic acids is 2. The summed E-state index contributed by atoms with van der Waals surface area (Å²) < 4.78 is 9.61. The van der Waals surface area contributed by atoms with Gasteiger partial charge in [-0.1, -0.05) is 13.2 Å². The second-order valence-corrected chi connectivity index (χ2v) is 3.07. The second kappa shape index (κ2) is 8.32. The molecule has 2 radical (unpaired) electrons. The van der Waals surface area contributed by atoms with Crippen molar-refractivity contribution in [3.8, 4) is 0 Å². The van der Waals surface area contributed by atoms with E-state index in [1.807, 2.05) is 6.92 Å². The van der Waals surface area contributed by atoms with E-state index in [1.54, 1.807) is 6.92 Å². The summed E-state index contributed by atoms with van der Waals surface area (Å²) in [6.07, 6.45) is 0.924. The Kier molecular flexibility index (Phi) is 7.77. The van der Waals surface area contributed by atoms with Crippen molar-refractivity contribution < 1.29 is 19.1 Å². The van der Waals surface area contributed by atoms with Crippen molar-refractivity contribution in [2.24, 2.45) is 5.92 Å². The van der Waals surface area contributed by atoms with Crippen LogP contribution in [0.2, 0.25) is 6.32 Å². The zero-order chi connectivity index (χ0) is 11.7. The summed E-state index contributed by atoms with van der Waals surface area (Å²) in [5.41, 5.74) is 0. The molecule has 0 saturated carbocycles. The van der Waals surface area contributed by atoms with Crippen molar-refractivity contribution in [3.05, 3.63) is 0 Å². The van der Waals surface area contributed by atoms with E-state index in [0.717, 1.165) is 0 Å². The van der Waals surface area contributed by atoms with Gasteiger partial charge >= 0.3 is 11.9 Å². The fourth-order valence-electron chi connectivity index (χ4n) is 1.09. The van der Waals surface area contributed by atoms with E-state index in [1.165, 1.54) is 0 Å². The maximum Gasteiger partial charge on any atom is 0.309 e. The maximum absolute atomic E-state index is 11.3. The molecular formula is C10H17BO4. The minimum absolute atomic E-state index is 0.0648. The molecule has 0 saturated heterocycles. The molecule has 0 rings (SSSR count). The number of rotatable bonds is 7. The molecule has 1 unspecified atom stereocenters. The van der Waals surface area contributed by atoms with Crippen molar-refractivity contribution in [2.75, 3.05) is 13.2 Å². The van der Waals surface area contributed by atoms with Crippen LogP contribution < -0.4 is 0 Å². The molecule has 0 aromatic carbocycles. The van der Waals surface area contributed by atoms with Crippen LogP contribution in [0, 0.1) is 5.92 Å². The lowest BCUT2D eigenvalue weighted by Gasteiger charge is -2.12. The Morgan fingerprint density at radius 3 is 2.40 bits per heavy atom. The Balaban J connectivity index is 3.97. The van der Waals surface area contributed by atoms with Crippen LogP contribution in [0.5, 0.6) is 0 Å². The van der Waals surface area contributed by atoms with Crippen molar-refractivity contribution in [3.63, 3.8) is 0 Å². The van der Waals surface area contributed by atoms with Crippen molar-refractivity contribution >= 4 is 19.8 Å². The lowest BCUT2D eigenvalue weighted by atomic mass is 10.0. The number of ether oxygens (including phenoxy) is 2. The van der Waals surface area contributed by atoms with Crippen LogP contribution >= 0.6 is 0 Å². The maximum atomic E-state index is 11.3. The predicted octanol–water partition coefficient (Wildman–Crippen LogP) is 1.10. The summed E-state index contributed by atoms with van der Waals surface area (Å²) in [6, 6.07) is 0. The van der Waals surface area contributed by atoms with Gasteiger partial charge in [-0.05, 0) is 13.3 Å². The van der Waals surface area contributed by atoms with Gasteiger partial charge in [0, 0.05) is 0 Å². The van der Waals surface area contributed by atoms with Crippen molar-refractivity contribution in [1.82, 2.24) is 0 Å². The van der Waals surface area contributed by atoms with Gasteiger partial charge in [0.05, 0.1) is 33.4 Å². The molecule has 0 amide bonds. The molecular weight excluding hydrogens is 195 g/mol. The molecule has 1 atom stereocenters. The van der Waals surface area contributed by atoms with E-state index < -0.39 is 11.9 Å². The molecule has 5 heteroatoms. The summed E-state index contributed by atoms with van der Waals surface area (Å²) in [5.74, 6) is -1.15. The quantitative estimate of drug-likeness (QED) is 0.468.